The third-order valence-corrected chi connectivity index (χ3v) is 8.17. The molecule has 38 heavy (non-hydrogen) atoms. The number of benzene rings is 1. The summed E-state index contributed by atoms with van der Waals surface area (Å²) in [5.41, 5.74) is 2.13. The molecule has 2 heterocycles. The molecule has 2 aromatic heterocycles. The molecule has 0 radical (unpaired) electrons. The van der Waals surface area contributed by atoms with Crippen molar-refractivity contribution in [3.8, 4) is 0 Å². The largest absolute Gasteiger partial charge is 0.350 e. The van der Waals surface area contributed by atoms with E-state index in [1.165, 1.54) is 18.3 Å². The second-order valence-electron chi connectivity index (χ2n) is 10.2. The van der Waals surface area contributed by atoms with Crippen LogP contribution in [0.2, 0.25) is 0 Å². The highest BCUT2D eigenvalue weighted by Crippen LogP contribution is 2.28. The molecule has 10 nitrogen and oxygen atoms in total. The lowest BCUT2D eigenvalue weighted by molar-refractivity contribution is -0.129. The van der Waals surface area contributed by atoms with Gasteiger partial charge >= 0.3 is 0 Å². The zero-order valence-corrected chi connectivity index (χ0v) is 23.1. The lowest BCUT2D eigenvalue weighted by atomic mass is 9.83. The number of rotatable bonds is 11. The fourth-order valence-electron chi connectivity index (χ4n) is 4.87. The Morgan fingerprint density at radius 1 is 1.13 bits per heavy atom. The summed E-state index contributed by atoms with van der Waals surface area (Å²) in [6.07, 6.45) is 7.17. The van der Waals surface area contributed by atoms with Crippen LogP contribution in [0, 0.1) is 5.92 Å². The van der Waals surface area contributed by atoms with Crippen molar-refractivity contribution in [2.24, 2.45) is 5.92 Å². The predicted molar refractivity (Wildman–Crippen MR) is 147 cm³/mol. The topological polar surface area (TPSA) is 142 Å². The lowest BCUT2D eigenvalue weighted by Crippen LogP contribution is -2.55. The fourth-order valence-corrected chi connectivity index (χ4v) is 5.93. The number of carbonyl (C=O) groups excluding carboxylic acids is 3. The van der Waals surface area contributed by atoms with Crippen molar-refractivity contribution in [2.75, 3.05) is 6.54 Å². The number of H-pyrrole nitrogens is 1. The Labute approximate surface area is 226 Å². The van der Waals surface area contributed by atoms with Gasteiger partial charge in [-0.1, -0.05) is 46.1 Å². The first-order chi connectivity index (χ1) is 18.3. The number of aromatic nitrogens is 4. The summed E-state index contributed by atoms with van der Waals surface area (Å²) in [5.74, 6) is -0.0535. The van der Waals surface area contributed by atoms with Gasteiger partial charge in [0.05, 0.1) is 15.2 Å². The highest BCUT2D eigenvalue weighted by Gasteiger charge is 2.30. The normalized spacial score (nSPS) is 15.8. The van der Waals surface area contributed by atoms with E-state index in [1.54, 1.807) is 18.3 Å². The first-order valence-corrected chi connectivity index (χ1v) is 14.3. The number of thiazole rings is 1. The molecule has 0 spiro atoms. The highest BCUT2D eigenvalue weighted by molar-refractivity contribution is 7.18. The van der Waals surface area contributed by atoms with Gasteiger partial charge in [-0.05, 0) is 42.4 Å². The van der Waals surface area contributed by atoms with Gasteiger partial charge in [0.2, 0.25) is 17.6 Å². The number of hydrogen-bond donors (Lipinski definition) is 4. The quantitative estimate of drug-likeness (QED) is 0.294. The molecule has 0 bridgehead atoms. The summed E-state index contributed by atoms with van der Waals surface area (Å²) in [6.45, 7) is 6.34. The van der Waals surface area contributed by atoms with E-state index in [4.69, 9.17) is 4.98 Å². The van der Waals surface area contributed by atoms with E-state index in [9.17, 15) is 14.4 Å². The van der Waals surface area contributed by atoms with Gasteiger partial charge in [0.15, 0.2) is 0 Å². The lowest BCUT2D eigenvalue weighted by Gasteiger charge is -2.32. The Bertz CT molecular complexity index is 1230. The van der Waals surface area contributed by atoms with E-state index in [1.807, 2.05) is 6.07 Å². The number of fused-ring (bicyclic) bond motifs is 1. The second-order valence-corrected chi connectivity index (χ2v) is 11.3. The van der Waals surface area contributed by atoms with Gasteiger partial charge in [0.25, 0.3) is 5.91 Å². The van der Waals surface area contributed by atoms with Gasteiger partial charge in [-0.3, -0.25) is 19.5 Å². The maximum Gasteiger partial charge on any atom is 0.288 e. The number of aromatic amines is 1. The Morgan fingerprint density at radius 3 is 2.61 bits per heavy atom. The summed E-state index contributed by atoms with van der Waals surface area (Å²) in [4.78, 5) is 47.1. The molecule has 0 saturated heterocycles. The van der Waals surface area contributed by atoms with Crippen LogP contribution in [0.25, 0.3) is 10.2 Å². The molecule has 4 N–H and O–H groups in total. The standard InChI is InChI=1S/C27H37N7O3S/c1-4-23(35)31-20(13-24-32-19-11-10-18(16(2)3)12-22(19)38-24)26(36)33-21(17-8-6-5-7-9-17)14-28-27(37)25-29-15-30-34-25/h10-12,15-17,20-21H,4-9,13-14H2,1-3H3,(H,28,37)(H,31,35)(H,33,36)(H,29,30,34)/t20-,21+/m0/s1. The van der Waals surface area contributed by atoms with Crippen LogP contribution in [0.5, 0.6) is 0 Å². The molecule has 3 aromatic rings. The molecule has 3 amide bonds. The Morgan fingerprint density at radius 2 is 1.92 bits per heavy atom. The van der Waals surface area contributed by atoms with E-state index in [0.29, 0.717) is 12.3 Å². The smallest absolute Gasteiger partial charge is 0.288 e. The minimum atomic E-state index is -0.761. The van der Waals surface area contributed by atoms with Crippen molar-refractivity contribution in [3.05, 3.63) is 40.9 Å². The third-order valence-electron chi connectivity index (χ3n) is 7.13. The first kappa shape index (κ1) is 27.7. The number of nitrogens with one attached hydrogen (secondary N) is 4. The minimum Gasteiger partial charge on any atom is -0.350 e. The van der Waals surface area contributed by atoms with Gasteiger partial charge in [-0.25, -0.2) is 9.97 Å². The number of hydrogen-bond acceptors (Lipinski definition) is 7. The van der Waals surface area contributed by atoms with Crippen molar-refractivity contribution in [1.29, 1.82) is 0 Å². The molecule has 0 aliphatic heterocycles. The van der Waals surface area contributed by atoms with Crippen LogP contribution in [0.4, 0.5) is 0 Å². The van der Waals surface area contributed by atoms with Gasteiger partial charge in [-0.15, -0.1) is 11.3 Å². The third kappa shape index (κ3) is 7.15. The minimum absolute atomic E-state index is 0.128. The van der Waals surface area contributed by atoms with Gasteiger partial charge < -0.3 is 16.0 Å². The second kappa shape index (κ2) is 12.9. The van der Waals surface area contributed by atoms with Crippen LogP contribution in [0.3, 0.4) is 0 Å². The summed E-state index contributed by atoms with van der Waals surface area (Å²) in [6, 6.07) is 5.22. The van der Waals surface area contributed by atoms with E-state index in [0.717, 1.165) is 40.9 Å². The molecule has 1 aromatic carbocycles. The summed E-state index contributed by atoms with van der Waals surface area (Å²) < 4.78 is 1.07. The van der Waals surface area contributed by atoms with E-state index in [-0.39, 0.29) is 48.5 Å². The van der Waals surface area contributed by atoms with E-state index in [2.05, 4.69) is 57.1 Å². The fraction of sp³-hybridized carbons (Fsp3) is 0.556. The van der Waals surface area contributed by atoms with Gasteiger partial charge in [-0.2, -0.15) is 5.10 Å². The average Bonchev–Trinajstić information content (AvgIpc) is 3.60. The van der Waals surface area contributed by atoms with Crippen molar-refractivity contribution in [2.45, 2.75) is 83.7 Å². The van der Waals surface area contributed by atoms with Crippen molar-refractivity contribution in [3.63, 3.8) is 0 Å². The van der Waals surface area contributed by atoms with Crippen LogP contribution < -0.4 is 16.0 Å². The van der Waals surface area contributed by atoms with Crippen molar-refractivity contribution in [1.82, 2.24) is 36.1 Å². The zero-order valence-electron chi connectivity index (χ0n) is 22.3. The predicted octanol–water partition coefficient (Wildman–Crippen LogP) is 3.47. The zero-order chi connectivity index (χ0) is 27.1. The molecule has 4 rings (SSSR count). The SMILES string of the molecule is CCC(=O)N[C@@H](Cc1nc2ccc(C(C)C)cc2s1)C(=O)N[C@H](CNC(=O)c1ncn[nH]1)C1CCCCC1. The molecular weight excluding hydrogens is 502 g/mol. The van der Waals surface area contributed by atoms with Gasteiger partial charge in [0, 0.05) is 25.4 Å². The Hall–Kier alpha value is -3.34. The van der Waals surface area contributed by atoms with Gasteiger partial charge in [0.1, 0.15) is 12.4 Å². The summed E-state index contributed by atoms with van der Waals surface area (Å²) in [5, 5.41) is 16.0. The highest BCUT2D eigenvalue weighted by atomic mass is 32.1. The molecule has 0 unspecified atom stereocenters. The molecular formula is C27H37N7O3S. The number of amides is 3. The molecule has 204 valence electrons. The molecule has 1 saturated carbocycles. The Kier molecular flexibility index (Phi) is 9.43. The van der Waals surface area contributed by atoms with Crippen LogP contribution in [-0.2, 0) is 16.0 Å². The molecule has 1 fully saturated rings. The molecule has 1 aliphatic carbocycles. The molecule has 2 atom stereocenters. The average molecular weight is 540 g/mol. The monoisotopic (exact) mass is 539 g/mol. The van der Waals surface area contributed by atoms with Crippen molar-refractivity contribution < 1.29 is 14.4 Å². The van der Waals surface area contributed by atoms with Crippen LogP contribution in [0.15, 0.2) is 24.5 Å². The Balaban J connectivity index is 1.49. The summed E-state index contributed by atoms with van der Waals surface area (Å²) >= 11 is 1.55. The molecule has 11 heteroatoms. The first-order valence-electron chi connectivity index (χ1n) is 13.5. The van der Waals surface area contributed by atoms with Crippen LogP contribution >= 0.6 is 11.3 Å². The van der Waals surface area contributed by atoms with Crippen LogP contribution in [0.1, 0.15) is 86.4 Å². The van der Waals surface area contributed by atoms with E-state index >= 15 is 0 Å². The number of nitrogens with zero attached hydrogens (tertiary/aromatic N) is 3. The summed E-state index contributed by atoms with van der Waals surface area (Å²) in [7, 11) is 0. The van der Waals surface area contributed by atoms with Crippen LogP contribution in [-0.4, -0.2) is 56.5 Å². The van der Waals surface area contributed by atoms with E-state index < -0.39 is 6.04 Å². The molecule has 1 aliphatic rings. The maximum atomic E-state index is 13.6. The number of carbonyl (C=O) groups is 3. The van der Waals surface area contributed by atoms with Crippen molar-refractivity contribution >= 4 is 39.3 Å². The maximum absolute atomic E-state index is 13.6.